The van der Waals surface area contributed by atoms with Gasteiger partial charge in [0.15, 0.2) is 17.5 Å². The maximum absolute atomic E-state index is 13.7. The first kappa shape index (κ1) is 19.2. The highest BCUT2D eigenvalue weighted by Crippen LogP contribution is 2.27. The fourth-order valence-corrected chi connectivity index (χ4v) is 2.35. The number of benzene rings is 2. The zero-order chi connectivity index (χ0) is 20.1. The molecule has 0 spiro atoms. The number of nitrogens with one attached hydrogen (secondary N) is 2. The van der Waals surface area contributed by atoms with Crippen molar-refractivity contribution in [3.8, 4) is 5.75 Å². The van der Waals surface area contributed by atoms with E-state index in [1.807, 2.05) is 13.0 Å². The summed E-state index contributed by atoms with van der Waals surface area (Å²) in [5.41, 5.74) is 0.0234. The molecule has 0 saturated heterocycles. The average Bonchev–Trinajstić information content (AvgIpc) is 2.70. The van der Waals surface area contributed by atoms with E-state index in [1.54, 1.807) is 18.2 Å². The number of para-hydroxylation sites is 2. The number of anilines is 3. The average molecular weight is 388 g/mol. The molecule has 0 radical (unpaired) electrons. The monoisotopic (exact) mass is 388 g/mol. The van der Waals surface area contributed by atoms with Crippen molar-refractivity contribution in [3.63, 3.8) is 0 Å². The van der Waals surface area contributed by atoms with Crippen molar-refractivity contribution >= 4 is 23.1 Å². The van der Waals surface area contributed by atoms with Gasteiger partial charge in [-0.15, -0.1) is 0 Å². The molecular formula is C19H15F3N4O2. The van der Waals surface area contributed by atoms with Gasteiger partial charge in [-0.3, -0.25) is 4.79 Å². The number of nitrogens with zero attached hydrogens (tertiary/aromatic N) is 2. The molecule has 1 heterocycles. The van der Waals surface area contributed by atoms with Gasteiger partial charge in [0.25, 0.3) is 5.91 Å². The van der Waals surface area contributed by atoms with Crippen molar-refractivity contribution < 1.29 is 22.7 Å². The van der Waals surface area contributed by atoms with Crippen LogP contribution in [-0.4, -0.2) is 22.5 Å². The maximum Gasteiger partial charge on any atom is 0.274 e. The Balaban J connectivity index is 1.80. The van der Waals surface area contributed by atoms with Crippen LogP contribution in [0, 0.1) is 17.5 Å². The fraction of sp³-hybridized carbons (Fsp3) is 0.105. The number of carbonyl (C=O) groups is 1. The Morgan fingerprint density at radius 2 is 1.82 bits per heavy atom. The molecule has 9 heteroatoms. The minimum atomic E-state index is -1.67. The number of carbonyl (C=O) groups excluding carboxylic acids is 1. The molecule has 1 aromatic heterocycles. The van der Waals surface area contributed by atoms with Gasteiger partial charge in [-0.25, -0.2) is 23.1 Å². The molecule has 0 atom stereocenters. The molecule has 3 aromatic rings. The number of amides is 1. The van der Waals surface area contributed by atoms with Gasteiger partial charge in [-0.1, -0.05) is 12.1 Å². The van der Waals surface area contributed by atoms with E-state index in [2.05, 4.69) is 20.6 Å². The van der Waals surface area contributed by atoms with Crippen LogP contribution in [0.15, 0.2) is 48.8 Å². The van der Waals surface area contributed by atoms with Crippen LogP contribution in [0.1, 0.15) is 17.4 Å². The summed E-state index contributed by atoms with van der Waals surface area (Å²) in [4.78, 5) is 20.1. The van der Waals surface area contributed by atoms with Gasteiger partial charge in [0, 0.05) is 6.07 Å². The maximum atomic E-state index is 13.7. The number of hydrogen-bond donors (Lipinski definition) is 2. The van der Waals surface area contributed by atoms with Crippen molar-refractivity contribution in [3.05, 3.63) is 71.9 Å². The molecule has 3 rings (SSSR count). The summed E-state index contributed by atoms with van der Waals surface area (Å²) in [6, 6.07) is 10.1. The van der Waals surface area contributed by atoms with Crippen LogP contribution in [-0.2, 0) is 0 Å². The third kappa shape index (κ3) is 4.20. The Labute approximate surface area is 158 Å². The fourth-order valence-electron chi connectivity index (χ4n) is 2.35. The first-order valence-corrected chi connectivity index (χ1v) is 8.25. The van der Waals surface area contributed by atoms with E-state index in [0.717, 1.165) is 12.4 Å². The normalized spacial score (nSPS) is 10.4. The highest BCUT2D eigenvalue weighted by atomic mass is 19.2. The molecule has 144 valence electrons. The molecule has 0 aliphatic rings. The van der Waals surface area contributed by atoms with Crippen LogP contribution in [0.25, 0.3) is 0 Å². The molecule has 2 N–H and O–H groups in total. The third-order valence-electron chi connectivity index (χ3n) is 3.63. The lowest BCUT2D eigenvalue weighted by Crippen LogP contribution is -2.16. The lowest BCUT2D eigenvalue weighted by molar-refractivity contribution is 0.102. The van der Waals surface area contributed by atoms with E-state index >= 15 is 0 Å². The highest BCUT2D eigenvalue weighted by Gasteiger charge is 2.17. The molecule has 0 unspecified atom stereocenters. The first-order chi connectivity index (χ1) is 13.5. The summed E-state index contributed by atoms with van der Waals surface area (Å²) in [6.45, 7) is 2.32. The van der Waals surface area contributed by atoms with Gasteiger partial charge in [0.05, 0.1) is 18.0 Å². The largest absolute Gasteiger partial charge is 0.492 e. The smallest absolute Gasteiger partial charge is 0.274 e. The second kappa shape index (κ2) is 8.38. The zero-order valence-corrected chi connectivity index (χ0v) is 14.7. The van der Waals surface area contributed by atoms with E-state index < -0.39 is 29.0 Å². The number of halogens is 3. The van der Waals surface area contributed by atoms with Crippen molar-refractivity contribution in [2.75, 3.05) is 17.2 Å². The van der Waals surface area contributed by atoms with Crippen molar-refractivity contribution in [2.45, 2.75) is 6.92 Å². The Kier molecular flexibility index (Phi) is 5.73. The summed E-state index contributed by atoms with van der Waals surface area (Å²) < 4.78 is 45.5. The van der Waals surface area contributed by atoms with Crippen LogP contribution in [0.2, 0.25) is 0 Å². The Morgan fingerprint density at radius 1 is 1.04 bits per heavy atom. The molecule has 28 heavy (non-hydrogen) atoms. The predicted octanol–water partition coefficient (Wildman–Crippen LogP) is 4.29. The van der Waals surface area contributed by atoms with Gasteiger partial charge in [0.2, 0.25) is 0 Å². The van der Waals surface area contributed by atoms with Crippen LogP contribution in [0.3, 0.4) is 0 Å². The molecule has 6 nitrogen and oxygen atoms in total. The minimum Gasteiger partial charge on any atom is -0.492 e. The summed E-state index contributed by atoms with van der Waals surface area (Å²) in [7, 11) is 0. The first-order valence-electron chi connectivity index (χ1n) is 8.25. The summed E-state index contributed by atoms with van der Waals surface area (Å²) >= 11 is 0. The second-order valence-electron chi connectivity index (χ2n) is 5.52. The molecule has 0 fully saturated rings. The highest BCUT2D eigenvalue weighted by molar-refractivity contribution is 6.03. The Bertz CT molecular complexity index is 1010. The molecule has 0 bridgehead atoms. The Morgan fingerprint density at radius 3 is 2.61 bits per heavy atom. The van der Waals surface area contributed by atoms with Gasteiger partial charge in [-0.05, 0) is 31.2 Å². The minimum absolute atomic E-state index is 0.101. The molecule has 1 amide bonds. The zero-order valence-electron chi connectivity index (χ0n) is 14.7. The molecule has 0 aliphatic heterocycles. The van der Waals surface area contributed by atoms with Crippen LogP contribution < -0.4 is 15.4 Å². The third-order valence-corrected chi connectivity index (χ3v) is 3.63. The van der Waals surface area contributed by atoms with Gasteiger partial charge >= 0.3 is 0 Å². The van der Waals surface area contributed by atoms with Gasteiger partial charge in [0.1, 0.15) is 23.6 Å². The lowest BCUT2D eigenvalue weighted by Gasteiger charge is -2.12. The summed E-state index contributed by atoms with van der Waals surface area (Å²) in [5.74, 6) is -4.44. The van der Waals surface area contributed by atoms with E-state index in [-0.39, 0.29) is 11.5 Å². The molecular weight excluding hydrogens is 373 g/mol. The van der Waals surface area contributed by atoms with E-state index in [0.29, 0.717) is 24.1 Å². The van der Waals surface area contributed by atoms with Crippen LogP contribution in [0.4, 0.5) is 30.4 Å². The second-order valence-corrected chi connectivity index (χ2v) is 5.52. The van der Waals surface area contributed by atoms with Crippen molar-refractivity contribution in [2.24, 2.45) is 0 Å². The van der Waals surface area contributed by atoms with E-state index in [1.165, 1.54) is 6.07 Å². The van der Waals surface area contributed by atoms with Gasteiger partial charge in [-0.2, -0.15) is 0 Å². The topological polar surface area (TPSA) is 76.1 Å². The number of rotatable bonds is 6. The summed E-state index contributed by atoms with van der Waals surface area (Å²) in [6.07, 6.45) is 1.14. The molecule has 0 aliphatic carbocycles. The SMILES string of the molecule is CCOc1ccccc1Nc1cc(C(=O)Nc2ccc(F)c(F)c2F)ncn1. The van der Waals surface area contributed by atoms with Crippen molar-refractivity contribution in [1.29, 1.82) is 0 Å². The number of ether oxygens (including phenoxy) is 1. The standard InChI is InChI=1S/C19H15F3N4O2/c1-2-28-15-6-4-3-5-12(15)25-16-9-14(23-10-24-16)19(27)26-13-8-7-11(20)17(21)18(13)22/h3-10H,2H2,1H3,(H,26,27)(H,23,24,25). The number of aromatic nitrogens is 2. The lowest BCUT2D eigenvalue weighted by atomic mass is 10.2. The van der Waals surface area contributed by atoms with Crippen LogP contribution in [0.5, 0.6) is 5.75 Å². The van der Waals surface area contributed by atoms with Gasteiger partial charge < -0.3 is 15.4 Å². The number of hydrogen-bond acceptors (Lipinski definition) is 5. The van der Waals surface area contributed by atoms with Crippen molar-refractivity contribution in [1.82, 2.24) is 9.97 Å². The quantitative estimate of drug-likeness (QED) is 0.616. The summed E-state index contributed by atoms with van der Waals surface area (Å²) in [5, 5.41) is 5.16. The predicted molar refractivity (Wildman–Crippen MR) is 97.2 cm³/mol. The van der Waals surface area contributed by atoms with E-state index in [4.69, 9.17) is 4.74 Å². The molecule has 0 saturated carbocycles. The van der Waals surface area contributed by atoms with Crippen LogP contribution >= 0.6 is 0 Å². The Hall–Kier alpha value is -3.62. The molecule has 2 aromatic carbocycles. The van der Waals surface area contributed by atoms with E-state index in [9.17, 15) is 18.0 Å².